The van der Waals surface area contributed by atoms with Crippen LogP contribution in [0.15, 0.2) is 24.3 Å². The Balaban J connectivity index is 1.94. The Morgan fingerprint density at radius 2 is 1.95 bits per heavy atom. The number of nitrogens with zero attached hydrogens (tertiary/aromatic N) is 1. The lowest BCUT2D eigenvalue weighted by Crippen LogP contribution is -2.27. The zero-order valence-electron chi connectivity index (χ0n) is 11.6. The van der Waals surface area contributed by atoms with Gasteiger partial charge in [-0.25, -0.2) is 4.79 Å². The smallest absolute Gasteiger partial charge is 0.336 e. The molecule has 0 amide bonds. The molecule has 3 heteroatoms. The number of carboxylic acids is 1. The third-order valence-electron chi connectivity index (χ3n) is 3.98. The number of rotatable bonds is 5. The number of carbonyl (C=O) groups is 1. The molecule has 1 aliphatic carbocycles. The average molecular weight is 261 g/mol. The number of aromatic carboxylic acids is 1. The highest BCUT2D eigenvalue weighted by molar-refractivity contribution is 5.89. The molecule has 0 aromatic heterocycles. The largest absolute Gasteiger partial charge is 0.478 e. The van der Waals surface area contributed by atoms with Gasteiger partial charge in [-0.15, -0.1) is 0 Å². The van der Waals surface area contributed by atoms with Crippen LogP contribution in [0.2, 0.25) is 0 Å². The molecule has 0 bridgehead atoms. The Morgan fingerprint density at radius 3 is 2.63 bits per heavy atom. The summed E-state index contributed by atoms with van der Waals surface area (Å²) in [5, 5.41) is 9.18. The Bertz CT molecular complexity index is 425. The molecule has 1 aromatic carbocycles. The van der Waals surface area contributed by atoms with Gasteiger partial charge in [-0.2, -0.15) is 0 Å². The summed E-state index contributed by atoms with van der Waals surface area (Å²) in [6.45, 7) is 1.80. The fourth-order valence-corrected chi connectivity index (χ4v) is 3.03. The zero-order valence-corrected chi connectivity index (χ0v) is 11.6. The van der Waals surface area contributed by atoms with Crippen molar-refractivity contribution in [1.82, 2.24) is 4.90 Å². The maximum absolute atomic E-state index is 11.2. The minimum absolute atomic E-state index is 0.429. The van der Waals surface area contributed by atoms with E-state index in [1.165, 1.54) is 32.1 Å². The van der Waals surface area contributed by atoms with Gasteiger partial charge in [-0.1, -0.05) is 37.5 Å². The molecule has 0 saturated heterocycles. The van der Waals surface area contributed by atoms with Crippen molar-refractivity contribution in [3.05, 3.63) is 35.4 Å². The number of hydrogen-bond donors (Lipinski definition) is 1. The van der Waals surface area contributed by atoms with Gasteiger partial charge in [-0.3, -0.25) is 0 Å². The molecule has 0 heterocycles. The van der Waals surface area contributed by atoms with Gasteiger partial charge >= 0.3 is 5.97 Å². The molecule has 0 radical (unpaired) electrons. The monoisotopic (exact) mass is 261 g/mol. The van der Waals surface area contributed by atoms with E-state index < -0.39 is 5.97 Å². The van der Waals surface area contributed by atoms with Gasteiger partial charge in [0.2, 0.25) is 0 Å². The van der Waals surface area contributed by atoms with Gasteiger partial charge in [0.05, 0.1) is 5.56 Å². The van der Waals surface area contributed by atoms with Gasteiger partial charge < -0.3 is 10.0 Å². The Kier molecular flexibility index (Phi) is 4.97. The van der Waals surface area contributed by atoms with Crippen molar-refractivity contribution in [2.75, 3.05) is 13.6 Å². The van der Waals surface area contributed by atoms with Gasteiger partial charge in [0, 0.05) is 13.1 Å². The molecule has 1 fully saturated rings. The molecule has 1 aliphatic rings. The summed E-state index contributed by atoms with van der Waals surface area (Å²) in [5.74, 6) is -0.0441. The van der Waals surface area contributed by atoms with Crippen LogP contribution in [0.5, 0.6) is 0 Å². The standard InChI is InChI=1S/C16H23NO2/c1-17(11-13-7-3-2-4-8-13)12-14-9-5-6-10-15(14)16(18)19/h5-6,9-10,13H,2-4,7-8,11-12H2,1H3,(H,18,19). The van der Waals surface area contributed by atoms with Crippen LogP contribution in [0.25, 0.3) is 0 Å². The number of hydrogen-bond acceptors (Lipinski definition) is 2. The van der Waals surface area contributed by atoms with E-state index >= 15 is 0 Å². The molecule has 1 aromatic rings. The molecule has 1 saturated carbocycles. The second-order valence-electron chi connectivity index (χ2n) is 5.66. The van der Waals surface area contributed by atoms with E-state index in [1.54, 1.807) is 12.1 Å². The van der Waals surface area contributed by atoms with Gasteiger partial charge in [0.25, 0.3) is 0 Å². The molecule has 1 N–H and O–H groups in total. The highest BCUT2D eigenvalue weighted by atomic mass is 16.4. The van der Waals surface area contributed by atoms with Crippen LogP contribution in [0.1, 0.15) is 48.0 Å². The first-order valence-corrected chi connectivity index (χ1v) is 7.16. The van der Waals surface area contributed by atoms with Gasteiger partial charge in [-0.05, 0) is 37.4 Å². The van der Waals surface area contributed by atoms with Crippen LogP contribution in [0, 0.1) is 5.92 Å². The lowest BCUT2D eigenvalue weighted by atomic mass is 9.89. The van der Waals surface area contributed by atoms with Gasteiger partial charge in [0.15, 0.2) is 0 Å². The van der Waals surface area contributed by atoms with E-state index in [2.05, 4.69) is 11.9 Å². The molecule has 3 nitrogen and oxygen atoms in total. The second-order valence-corrected chi connectivity index (χ2v) is 5.66. The van der Waals surface area contributed by atoms with E-state index in [0.29, 0.717) is 5.56 Å². The Morgan fingerprint density at radius 1 is 1.26 bits per heavy atom. The minimum Gasteiger partial charge on any atom is -0.478 e. The number of carboxylic acid groups (broad SMARTS) is 1. The van der Waals surface area contributed by atoms with Crippen LogP contribution in [0.3, 0.4) is 0 Å². The zero-order chi connectivity index (χ0) is 13.7. The van der Waals surface area contributed by atoms with E-state index in [9.17, 15) is 9.90 Å². The molecule has 0 spiro atoms. The van der Waals surface area contributed by atoms with E-state index in [0.717, 1.165) is 24.6 Å². The normalized spacial score (nSPS) is 16.7. The van der Waals surface area contributed by atoms with Crippen molar-refractivity contribution in [2.45, 2.75) is 38.6 Å². The van der Waals surface area contributed by atoms with Crippen molar-refractivity contribution in [3.63, 3.8) is 0 Å². The third-order valence-corrected chi connectivity index (χ3v) is 3.98. The average Bonchev–Trinajstić information content (AvgIpc) is 2.40. The fraction of sp³-hybridized carbons (Fsp3) is 0.562. The van der Waals surface area contributed by atoms with Crippen LogP contribution in [-0.4, -0.2) is 29.6 Å². The third kappa shape index (κ3) is 4.06. The Hall–Kier alpha value is -1.35. The lowest BCUT2D eigenvalue weighted by molar-refractivity contribution is 0.0694. The summed E-state index contributed by atoms with van der Waals surface area (Å²) in [5.41, 5.74) is 1.34. The molecule has 0 aliphatic heterocycles. The molecular formula is C16H23NO2. The maximum atomic E-state index is 11.2. The predicted octanol–water partition coefficient (Wildman–Crippen LogP) is 3.40. The van der Waals surface area contributed by atoms with Gasteiger partial charge in [0.1, 0.15) is 0 Å². The highest BCUT2D eigenvalue weighted by Crippen LogP contribution is 2.24. The van der Waals surface area contributed by atoms with Crippen LogP contribution < -0.4 is 0 Å². The first-order valence-electron chi connectivity index (χ1n) is 7.16. The van der Waals surface area contributed by atoms with Crippen molar-refractivity contribution in [3.8, 4) is 0 Å². The summed E-state index contributed by atoms with van der Waals surface area (Å²) >= 11 is 0. The molecule has 19 heavy (non-hydrogen) atoms. The first kappa shape index (κ1) is 14.1. The molecule has 104 valence electrons. The van der Waals surface area contributed by atoms with Crippen molar-refractivity contribution >= 4 is 5.97 Å². The summed E-state index contributed by atoms with van der Waals surface area (Å²) < 4.78 is 0. The second kappa shape index (κ2) is 6.71. The van der Waals surface area contributed by atoms with Crippen LogP contribution >= 0.6 is 0 Å². The van der Waals surface area contributed by atoms with E-state index in [4.69, 9.17) is 0 Å². The summed E-state index contributed by atoms with van der Waals surface area (Å²) in [6.07, 6.45) is 6.73. The SMILES string of the molecule is CN(Cc1ccccc1C(=O)O)CC1CCCCC1. The quantitative estimate of drug-likeness (QED) is 0.883. The molecule has 0 unspecified atom stereocenters. The predicted molar refractivity (Wildman–Crippen MR) is 76.3 cm³/mol. The fourth-order valence-electron chi connectivity index (χ4n) is 3.03. The Labute approximate surface area is 115 Å². The van der Waals surface area contributed by atoms with E-state index in [-0.39, 0.29) is 0 Å². The molecular weight excluding hydrogens is 238 g/mol. The van der Waals surface area contributed by atoms with Crippen molar-refractivity contribution in [2.24, 2.45) is 5.92 Å². The topological polar surface area (TPSA) is 40.5 Å². The first-order chi connectivity index (χ1) is 9.16. The minimum atomic E-state index is -0.832. The highest BCUT2D eigenvalue weighted by Gasteiger charge is 2.17. The summed E-state index contributed by atoms with van der Waals surface area (Å²) in [7, 11) is 2.09. The van der Waals surface area contributed by atoms with Crippen LogP contribution in [-0.2, 0) is 6.54 Å². The molecule has 2 rings (SSSR count). The molecule has 0 atom stereocenters. The van der Waals surface area contributed by atoms with Crippen LogP contribution in [0.4, 0.5) is 0 Å². The van der Waals surface area contributed by atoms with E-state index in [1.807, 2.05) is 12.1 Å². The number of benzene rings is 1. The summed E-state index contributed by atoms with van der Waals surface area (Å²) in [6, 6.07) is 7.30. The van der Waals surface area contributed by atoms with Crippen molar-refractivity contribution < 1.29 is 9.90 Å². The lowest BCUT2D eigenvalue weighted by Gasteiger charge is -2.27. The maximum Gasteiger partial charge on any atom is 0.336 e. The summed E-state index contributed by atoms with van der Waals surface area (Å²) in [4.78, 5) is 13.4. The van der Waals surface area contributed by atoms with Crippen molar-refractivity contribution in [1.29, 1.82) is 0 Å².